The number of nitrogens with two attached hydrogens (primary N) is 1. The third kappa shape index (κ3) is 1.69. The van der Waals surface area contributed by atoms with Gasteiger partial charge in [-0.2, -0.15) is 10.1 Å². The van der Waals surface area contributed by atoms with Gasteiger partial charge in [0.15, 0.2) is 0 Å². The molecule has 2 aromatic rings. The second-order valence-electron chi connectivity index (χ2n) is 3.53. The lowest BCUT2D eigenvalue weighted by Gasteiger charge is -2.02. The van der Waals surface area contributed by atoms with Gasteiger partial charge in [0, 0.05) is 12.7 Å². The van der Waals surface area contributed by atoms with Crippen LogP contribution in [0, 0.1) is 18.6 Å². The summed E-state index contributed by atoms with van der Waals surface area (Å²) in [5.41, 5.74) is 8.40. The van der Waals surface area contributed by atoms with Crippen molar-refractivity contribution in [2.45, 2.75) is 13.8 Å². The molecule has 84 valence electrons. The molecule has 6 nitrogen and oxygen atoms in total. The highest BCUT2D eigenvalue weighted by Gasteiger charge is 2.13. The van der Waals surface area contributed by atoms with E-state index in [0.717, 1.165) is 17.0 Å². The lowest BCUT2D eigenvalue weighted by molar-refractivity contribution is 0.731. The lowest BCUT2D eigenvalue weighted by Crippen LogP contribution is -2.01. The van der Waals surface area contributed by atoms with E-state index in [9.17, 15) is 0 Å². The molecule has 0 aromatic carbocycles. The number of nitrogens with zero attached hydrogens (tertiary/aromatic N) is 4. The fraction of sp³-hybridized carbons (Fsp3) is 0.333. The number of nitrogen functional groups attached to an aromatic ring is 1. The highest BCUT2D eigenvalue weighted by molar-refractivity contribution is 7.71. The molecule has 7 heteroatoms. The molecule has 0 atom stereocenters. The summed E-state index contributed by atoms with van der Waals surface area (Å²) >= 11 is 4.93. The number of anilines is 1. The van der Waals surface area contributed by atoms with E-state index in [4.69, 9.17) is 18.0 Å². The smallest absolute Gasteiger partial charge is 0.224 e. The molecule has 0 amide bonds. The minimum Gasteiger partial charge on any atom is -0.369 e. The van der Waals surface area contributed by atoms with Crippen LogP contribution >= 0.6 is 12.2 Å². The van der Waals surface area contributed by atoms with Crippen molar-refractivity contribution in [3.8, 4) is 11.4 Å². The van der Waals surface area contributed by atoms with E-state index in [0.29, 0.717) is 5.82 Å². The summed E-state index contributed by atoms with van der Waals surface area (Å²) in [5.74, 6) is 0.873. The Morgan fingerprint density at radius 1 is 1.31 bits per heavy atom. The molecule has 0 aliphatic heterocycles. The molecule has 0 fully saturated rings. The van der Waals surface area contributed by atoms with E-state index in [-0.39, 0.29) is 10.7 Å². The van der Waals surface area contributed by atoms with Crippen molar-refractivity contribution in [2.24, 2.45) is 7.05 Å². The number of H-pyrrole nitrogens is 1. The molecule has 0 spiro atoms. The molecule has 16 heavy (non-hydrogen) atoms. The number of aromatic nitrogens is 5. The Bertz CT molecular complexity index is 597. The SMILES string of the molecule is Cc1nn(C)c(C)c1-c1nc(=S)nc(N)[nH]1. The molecule has 2 rings (SSSR count). The van der Waals surface area contributed by atoms with E-state index >= 15 is 0 Å². The van der Waals surface area contributed by atoms with Gasteiger partial charge in [-0.1, -0.05) is 0 Å². The Balaban J connectivity index is 2.71. The quantitative estimate of drug-likeness (QED) is 0.725. The van der Waals surface area contributed by atoms with E-state index in [1.54, 1.807) is 4.68 Å². The van der Waals surface area contributed by atoms with Gasteiger partial charge < -0.3 is 10.7 Å². The Kier molecular flexibility index (Phi) is 2.47. The van der Waals surface area contributed by atoms with Crippen LogP contribution in [0.15, 0.2) is 0 Å². The highest BCUT2D eigenvalue weighted by Crippen LogP contribution is 2.22. The van der Waals surface area contributed by atoms with Gasteiger partial charge in [0.2, 0.25) is 10.7 Å². The van der Waals surface area contributed by atoms with Crippen molar-refractivity contribution in [2.75, 3.05) is 5.73 Å². The largest absolute Gasteiger partial charge is 0.369 e. The predicted octanol–water partition coefficient (Wildman–Crippen LogP) is 1.13. The number of aromatic amines is 1. The van der Waals surface area contributed by atoms with Crippen LogP contribution in [0.1, 0.15) is 11.4 Å². The van der Waals surface area contributed by atoms with Crippen LogP contribution in [0.5, 0.6) is 0 Å². The zero-order chi connectivity index (χ0) is 11.9. The summed E-state index contributed by atoms with van der Waals surface area (Å²) in [6, 6.07) is 0. The Labute approximate surface area is 97.5 Å². The van der Waals surface area contributed by atoms with Crippen molar-refractivity contribution in [3.05, 3.63) is 16.2 Å². The number of rotatable bonds is 1. The van der Waals surface area contributed by atoms with Crippen LogP contribution in [0.4, 0.5) is 5.95 Å². The first-order valence-corrected chi connectivity index (χ1v) is 5.14. The van der Waals surface area contributed by atoms with Crippen molar-refractivity contribution in [1.29, 1.82) is 0 Å². The van der Waals surface area contributed by atoms with Crippen LogP contribution in [0.3, 0.4) is 0 Å². The predicted molar refractivity (Wildman–Crippen MR) is 63.3 cm³/mol. The molecule has 0 aliphatic carbocycles. The van der Waals surface area contributed by atoms with Gasteiger partial charge in [0.25, 0.3) is 0 Å². The van der Waals surface area contributed by atoms with E-state index in [2.05, 4.69) is 20.1 Å². The Morgan fingerprint density at radius 2 is 2.00 bits per heavy atom. The topological polar surface area (TPSA) is 85.4 Å². The normalized spacial score (nSPS) is 10.7. The second-order valence-corrected chi connectivity index (χ2v) is 3.90. The molecule has 0 saturated heterocycles. The standard InChI is InChI=1S/C9H12N6S/c1-4-6(5(2)15(3)14-4)7-11-8(10)13-9(16)12-7/h1-3H3,(H3,10,11,12,13,16). The highest BCUT2D eigenvalue weighted by atomic mass is 32.1. The molecule has 0 bridgehead atoms. The maximum Gasteiger partial charge on any atom is 0.224 e. The van der Waals surface area contributed by atoms with Crippen LogP contribution in [0.2, 0.25) is 0 Å². The fourth-order valence-corrected chi connectivity index (χ4v) is 1.83. The van der Waals surface area contributed by atoms with Crippen LogP contribution in [0.25, 0.3) is 11.4 Å². The van der Waals surface area contributed by atoms with Gasteiger partial charge in [0.1, 0.15) is 5.82 Å². The van der Waals surface area contributed by atoms with E-state index in [1.807, 2.05) is 20.9 Å². The maximum absolute atomic E-state index is 5.60. The van der Waals surface area contributed by atoms with Gasteiger partial charge in [-0.05, 0) is 26.1 Å². The molecule has 2 aromatic heterocycles. The van der Waals surface area contributed by atoms with E-state index in [1.165, 1.54) is 0 Å². The molecule has 3 N–H and O–H groups in total. The average Bonchev–Trinajstić information content (AvgIpc) is 2.39. The lowest BCUT2D eigenvalue weighted by atomic mass is 10.2. The molecule has 0 unspecified atom stereocenters. The maximum atomic E-state index is 5.60. The fourth-order valence-electron chi connectivity index (χ4n) is 1.64. The van der Waals surface area contributed by atoms with Crippen LogP contribution in [-0.4, -0.2) is 24.7 Å². The van der Waals surface area contributed by atoms with Crippen LogP contribution < -0.4 is 5.73 Å². The molecule has 2 heterocycles. The number of hydrogen-bond donors (Lipinski definition) is 2. The minimum absolute atomic E-state index is 0.230. The van der Waals surface area contributed by atoms with Crippen molar-refractivity contribution in [1.82, 2.24) is 24.7 Å². The number of aryl methyl sites for hydroxylation is 2. The number of hydrogen-bond acceptors (Lipinski definition) is 5. The summed E-state index contributed by atoms with van der Waals surface area (Å²) in [4.78, 5) is 10.9. The average molecular weight is 236 g/mol. The summed E-state index contributed by atoms with van der Waals surface area (Å²) in [7, 11) is 1.88. The molecular formula is C9H12N6S. The summed E-state index contributed by atoms with van der Waals surface area (Å²) < 4.78 is 2.02. The second kappa shape index (κ2) is 3.67. The Hall–Kier alpha value is -1.76. The first-order valence-electron chi connectivity index (χ1n) is 4.73. The molecule has 0 aliphatic rings. The van der Waals surface area contributed by atoms with Crippen molar-refractivity contribution >= 4 is 18.2 Å². The van der Waals surface area contributed by atoms with E-state index < -0.39 is 0 Å². The first-order chi connectivity index (χ1) is 7.49. The first kappa shape index (κ1) is 10.7. The molecule has 0 radical (unpaired) electrons. The molecule has 0 saturated carbocycles. The third-order valence-electron chi connectivity index (χ3n) is 2.42. The van der Waals surface area contributed by atoms with Gasteiger partial charge in [-0.25, -0.2) is 4.98 Å². The minimum atomic E-state index is 0.230. The third-order valence-corrected chi connectivity index (χ3v) is 2.60. The monoisotopic (exact) mass is 236 g/mol. The van der Waals surface area contributed by atoms with Gasteiger partial charge in [-0.15, -0.1) is 0 Å². The van der Waals surface area contributed by atoms with Crippen molar-refractivity contribution < 1.29 is 0 Å². The summed E-state index contributed by atoms with van der Waals surface area (Å²) in [6.45, 7) is 3.88. The number of nitrogens with one attached hydrogen (secondary N) is 1. The van der Waals surface area contributed by atoms with Crippen LogP contribution in [-0.2, 0) is 7.05 Å². The molecular weight excluding hydrogens is 224 g/mol. The van der Waals surface area contributed by atoms with Crippen molar-refractivity contribution in [3.63, 3.8) is 0 Å². The van der Waals surface area contributed by atoms with Gasteiger partial charge >= 0.3 is 0 Å². The van der Waals surface area contributed by atoms with Gasteiger partial charge in [-0.3, -0.25) is 4.68 Å². The summed E-state index contributed by atoms with van der Waals surface area (Å²) in [6.07, 6.45) is 0. The summed E-state index contributed by atoms with van der Waals surface area (Å²) in [5, 5.41) is 4.31. The van der Waals surface area contributed by atoms with Gasteiger partial charge in [0.05, 0.1) is 11.3 Å². The zero-order valence-electron chi connectivity index (χ0n) is 9.27. The zero-order valence-corrected chi connectivity index (χ0v) is 10.1. The Morgan fingerprint density at radius 3 is 2.50 bits per heavy atom.